The molecule has 6 heteroatoms. The van der Waals surface area contributed by atoms with Gasteiger partial charge in [-0.25, -0.2) is 8.42 Å². The summed E-state index contributed by atoms with van der Waals surface area (Å²) in [5.41, 5.74) is 0.673. The number of nitrogens with zero attached hydrogens (tertiary/aromatic N) is 1. The smallest absolute Gasteiger partial charge is 0.258 e. The molecule has 0 amide bonds. The third-order valence-electron chi connectivity index (χ3n) is 2.94. The Labute approximate surface area is 122 Å². The molecular formula is C15H13NO4S. The van der Waals surface area contributed by atoms with E-state index in [1.807, 2.05) is 6.07 Å². The highest BCUT2D eigenvalue weighted by Crippen LogP contribution is 2.26. The number of rotatable bonds is 5. The topological polar surface area (TPSA) is 77.3 Å². The van der Waals surface area contributed by atoms with Gasteiger partial charge in [0.15, 0.2) is 9.84 Å². The van der Waals surface area contributed by atoms with Gasteiger partial charge in [-0.2, -0.15) is 0 Å². The number of para-hydroxylation sites is 1. The van der Waals surface area contributed by atoms with Crippen LogP contribution in [-0.2, 0) is 9.84 Å². The molecule has 2 aromatic carbocycles. The van der Waals surface area contributed by atoms with Crippen LogP contribution < -0.4 is 0 Å². The molecule has 0 aliphatic heterocycles. The predicted octanol–water partition coefficient (Wildman–Crippen LogP) is 3.08. The van der Waals surface area contributed by atoms with Gasteiger partial charge in [0.1, 0.15) is 4.90 Å². The van der Waals surface area contributed by atoms with Gasteiger partial charge in [0.25, 0.3) is 5.69 Å². The fraction of sp³-hybridized carbons (Fsp3) is 0.0667. The summed E-state index contributed by atoms with van der Waals surface area (Å²) in [6.07, 6.45) is 0. The van der Waals surface area contributed by atoms with Crippen molar-refractivity contribution in [1.82, 2.24) is 0 Å². The highest BCUT2D eigenvalue weighted by atomic mass is 32.2. The summed E-state index contributed by atoms with van der Waals surface area (Å²) in [5.74, 6) is -0.359. The van der Waals surface area contributed by atoms with Gasteiger partial charge in [-0.05, 0) is 17.2 Å². The van der Waals surface area contributed by atoms with E-state index >= 15 is 0 Å². The van der Waals surface area contributed by atoms with Gasteiger partial charge in [-0.15, -0.1) is 0 Å². The van der Waals surface area contributed by atoms with Crippen LogP contribution in [0.2, 0.25) is 0 Å². The number of benzene rings is 2. The number of nitro benzene ring substituents is 1. The molecule has 0 fully saturated rings. The van der Waals surface area contributed by atoms with Gasteiger partial charge in [0.2, 0.25) is 0 Å². The summed E-state index contributed by atoms with van der Waals surface area (Å²) in [6, 6.07) is 14.2. The summed E-state index contributed by atoms with van der Waals surface area (Å²) in [4.78, 5) is 9.96. The van der Waals surface area contributed by atoms with Gasteiger partial charge in [-0.3, -0.25) is 10.1 Å². The maximum Gasteiger partial charge on any atom is 0.287 e. The Morgan fingerprint density at radius 3 is 2.24 bits per heavy atom. The SMILES string of the molecule is C=C(CS(=O)(=O)c1ccccc1[N+](=O)[O-])c1ccccc1. The standard InChI is InChI=1S/C15H13NO4S/c1-12(13-7-3-2-4-8-13)11-21(19,20)15-10-6-5-9-14(15)16(17)18/h2-10H,1,11H2. The van der Waals surface area contributed by atoms with Crippen molar-refractivity contribution < 1.29 is 13.3 Å². The molecule has 0 aliphatic rings. The molecule has 0 bridgehead atoms. The summed E-state index contributed by atoms with van der Waals surface area (Å²) < 4.78 is 24.8. The first-order chi connectivity index (χ1) is 9.92. The van der Waals surface area contributed by atoms with E-state index in [4.69, 9.17) is 0 Å². The fourth-order valence-corrected chi connectivity index (χ4v) is 3.46. The molecule has 0 aromatic heterocycles. The van der Waals surface area contributed by atoms with E-state index in [-0.39, 0.29) is 10.6 Å². The zero-order chi connectivity index (χ0) is 15.5. The van der Waals surface area contributed by atoms with E-state index in [0.717, 1.165) is 0 Å². The van der Waals surface area contributed by atoms with Crippen molar-refractivity contribution in [3.05, 3.63) is 76.9 Å². The largest absolute Gasteiger partial charge is 0.287 e. The first-order valence-electron chi connectivity index (χ1n) is 6.11. The Hall–Kier alpha value is -2.47. The van der Waals surface area contributed by atoms with Crippen LogP contribution in [0.4, 0.5) is 5.69 Å². The molecule has 0 aliphatic carbocycles. The monoisotopic (exact) mass is 303 g/mol. The summed E-state index contributed by atoms with van der Waals surface area (Å²) in [6.45, 7) is 3.76. The lowest BCUT2D eigenvalue weighted by Crippen LogP contribution is -2.10. The van der Waals surface area contributed by atoms with Crippen molar-refractivity contribution in [3.8, 4) is 0 Å². The molecule has 2 rings (SSSR count). The normalized spacial score (nSPS) is 11.0. The fourth-order valence-electron chi connectivity index (χ4n) is 1.94. The lowest BCUT2D eigenvalue weighted by Gasteiger charge is -2.08. The number of nitro groups is 1. The zero-order valence-corrected chi connectivity index (χ0v) is 11.9. The van der Waals surface area contributed by atoms with Gasteiger partial charge < -0.3 is 0 Å². The summed E-state index contributed by atoms with van der Waals surface area (Å²) in [5, 5.41) is 10.9. The quantitative estimate of drug-likeness (QED) is 0.628. The second-order valence-electron chi connectivity index (χ2n) is 4.45. The first-order valence-corrected chi connectivity index (χ1v) is 7.76. The average Bonchev–Trinajstić information content (AvgIpc) is 2.47. The molecule has 108 valence electrons. The molecule has 0 atom stereocenters. The van der Waals surface area contributed by atoms with Crippen molar-refractivity contribution in [2.75, 3.05) is 5.75 Å². The molecule has 0 heterocycles. The second-order valence-corrected chi connectivity index (χ2v) is 6.41. The van der Waals surface area contributed by atoms with Crippen molar-refractivity contribution in [3.63, 3.8) is 0 Å². The van der Waals surface area contributed by atoms with Crippen LogP contribution in [0.15, 0.2) is 66.1 Å². The average molecular weight is 303 g/mol. The molecular weight excluding hydrogens is 290 g/mol. The van der Waals surface area contributed by atoms with E-state index < -0.39 is 20.4 Å². The lowest BCUT2D eigenvalue weighted by molar-refractivity contribution is -0.387. The van der Waals surface area contributed by atoms with Crippen molar-refractivity contribution in [2.24, 2.45) is 0 Å². The minimum atomic E-state index is -3.82. The lowest BCUT2D eigenvalue weighted by atomic mass is 10.1. The van der Waals surface area contributed by atoms with E-state index in [1.54, 1.807) is 24.3 Å². The van der Waals surface area contributed by atoms with Gasteiger partial charge >= 0.3 is 0 Å². The van der Waals surface area contributed by atoms with Crippen molar-refractivity contribution in [1.29, 1.82) is 0 Å². The maximum absolute atomic E-state index is 12.4. The molecule has 0 N–H and O–H groups in total. The molecule has 0 spiro atoms. The Kier molecular flexibility index (Phi) is 4.18. The minimum absolute atomic E-state index is 0.285. The van der Waals surface area contributed by atoms with Crippen molar-refractivity contribution in [2.45, 2.75) is 4.90 Å². The molecule has 2 aromatic rings. The van der Waals surface area contributed by atoms with Gasteiger partial charge in [0, 0.05) is 6.07 Å². The molecule has 0 saturated heterocycles. The Balaban J connectivity index is 2.36. The van der Waals surface area contributed by atoms with E-state index in [9.17, 15) is 18.5 Å². The van der Waals surface area contributed by atoms with E-state index in [0.29, 0.717) is 11.1 Å². The molecule has 0 radical (unpaired) electrons. The predicted molar refractivity (Wildman–Crippen MR) is 80.6 cm³/mol. The third kappa shape index (κ3) is 3.35. The summed E-state index contributed by atoms with van der Waals surface area (Å²) >= 11 is 0. The highest BCUT2D eigenvalue weighted by Gasteiger charge is 2.25. The maximum atomic E-state index is 12.4. The molecule has 0 unspecified atom stereocenters. The van der Waals surface area contributed by atoms with Crippen LogP contribution in [0.3, 0.4) is 0 Å². The summed E-state index contributed by atoms with van der Waals surface area (Å²) in [7, 11) is -3.82. The Morgan fingerprint density at radius 2 is 1.62 bits per heavy atom. The third-order valence-corrected chi connectivity index (χ3v) is 4.69. The van der Waals surface area contributed by atoms with Crippen molar-refractivity contribution >= 4 is 21.1 Å². The van der Waals surface area contributed by atoms with Crippen LogP contribution >= 0.6 is 0 Å². The number of hydrogen-bond donors (Lipinski definition) is 0. The Morgan fingerprint density at radius 1 is 1.05 bits per heavy atom. The van der Waals surface area contributed by atoms with E-state index in [2.05, 4.69) is 6.58 Å². The van der Waals surface area contributed by atoms with Crippen LogP contribution in [-0.4, -0.2) is 19.1 Å². The van der Waals surface area contributed by atoms with Gasteiger partial charge in [0.05, 0.1) is 10.7 Å². The Bertz CT molecular complexity index is 782. The van der Waals surface area contributed by atoms with Crippen LogP contribution in [0, 0.1) is 10.1 Å². The van der Waals surface area contributed by atoms with E-state index in [1.165, 1.54) is 24.3 Å². The molecule has 5 nitrogen and oxygen atoms in total. The zero-order valence-electron chi connectivity index (χ0n) is 11.1. The second kappa shape index (κ2) is 5.88. The minimum Gasteiger partial charge on any atom is -0.258 e. The number of hydrogen-bond acceptors (Lipinski definition) is 4. The van der Waals surface area contributed by atoms with Crippen LogP contribution in [0.5, 0.6) is 0 Å². The highest BCUT2D eigenvalue weighted by molar-refractivity contribution is 7.92. The van der Waals surface area contributed by atoms with Crippen LogP contribution in [0.25, 0.3) is 5.57 Å². The number of sulfone groups is 1. The van der Waals surface area contributed by atoms with Crippen LogP contribution in [0.1, 0.15) is 5.56 Å². The molecule has 0 saturated carbocycles. The van der Waals surface area contributed by atoms with Gasteiger partial charge in [-0.1, -0.05) is 49.0 Å². The molecule has 21 heavy (non-hydrogen) atoms. The first kappa shape index (κ1) is 14.9.